The average molecular weight is 275 g/mol. The van der Waals surface area contributed by atoms with Gasteiger partial charge in [-0.05, 0) is 6.92 Å². The molecule has 0 spiro atoms. The predicted octanol–water partition coefficient (Wildman–Crippen LogP) is 2.64. The molecule has 0 unspecified atom stereocenters. The number of nitrogens with zero attached hydrogens (tertiary/aromatic N) is 2. The van der Waals surface area contributed by atoms with Crippen molar-refractivity contribution in [2.45, 2.75) is 6.92 Å². The second-order valence-corrected chi connectivity index (χ2v) is 4.07. The summed E-state index contributed by atoms with van der Waals surface area (Å²) in [4.78, 5) is 8.44. The molecule has 106 valence electrons. The monoisotopic (exact) mass is 275 g/mol. The molecule has 0 amide bonds. The normalized spacial score (nSPS) is 10.0. The first-order valence-corrected chi connectivity index (χ1v) is 6.09. The molecule has 0 aliphatic carbocycles. The van der Waals surface area contributed by atoms with E-state index in [1.165, 1.54) is 0 Å². The molecule has 2 aromatic rings. The number of aromatic nitrogens is 2. The van der Waals surface area contributed by atoms with Gasteiger partial charge in [0.15, 0.2) is 0 Å². The van der Waals surface area contributed by atoms with Crippen molar-refractivity contribution < 1.29 is 14.2 Å². The lowest BCUT2D eigenvalue weighted by molar-refractivity contribution is 0.385. The van der Waals surface area contributed by atoms with Gasteiger partial charge in [0.1, 0.15) is 17.2 Å². The first kappa shape index (κ1) is 13.9. The second-order valence-electron chi connectivity index (χ2n) is 4.07. The van der Waals surface area contributed by atoms with Gasteiger partial charge in [0.2, 0.25) is 11.8 Å². The average Bonchev–Trinajstić information content (AvgIpc) is 2.46. The molecule has 6 nitrogen and oxygen atoms in total. The van der Waals surface area contributed by atoms with Crippen molar-refractivity contribution in [3.8, 4) is 23.1 Å². The van der Waals surface area contributed by atoms with Gasteiger partial charge in [-0.2, -0.15) is 4.98 Å². The van der Waals surface area contributed by atoms with E-state index in [4.69, 9.17) is 14.2 Å². The SMILES string of the molecule is CNc1nc(C)cc(Oc2cc(OC)cc(OC)c2)n1. The molecule has 0 aliphatic rings. The molecule has 0 radical (unpaired) electrons. The number of hydrogen-bond acceptors (Lipinski definition) is 6. The van der Waals surface area contributed by atoms with Crippen molar-refractivity contribution in [3.05, 3.63) is 30.0 Å². The third-order valence-electron chi connectivity index (χ3n) is 2.60. The summed E-state index contributed by atoms with van der Waals surface area (Å²) >= 11 is 0. The van der Waals surface area contributed by atoms with Crippen LogP contribution in [-0.4, -0.2) is 31.2 Å². The van der Waals surface area contributed by atoms with Gasteiger partial charge in [0, 0.05) is 37.0 Å². The summed E-state index contributed by atoms with van der Waals surface area (Å²) in [5.74, 6) is 2.85. The third-order valence-corrected chi connectivity index (χ3v) is 2.60. The van der Waals surface area contributed by atoms with Gasteiger partial charge in [-0.3, -0.25) is 0 Å². The van der Waals surface area contributed by atoms with E-state index >= 15 is 0 Å². The van der Waals surface area contributed by atoms with E-state index in [2.05, 4.69) is 15.3 Å². The van der Waals surface area contributed by atoms with Crippen LogP contribution in [0.25, 0.3) is 0 Å². The van der Waals surface area contributed by atoms with Crippen molar-refractivity contribution >= 4 is 5.95 Å². The Bertz CT molecular complexity index is 580. The number of aryl methyl sites for hydroxylation is 1. The summed E-state index contributed by atoms with van der Waals surface area (Å²) in [5, 5.41) is 2.89. The maximum absolute atomic E-state index is 5.74. The standard InChI is InChI=1S/C14H17N3O3/c1-9-5-13(17-14(15-2)16-9)20-12-7-10(18-3)6-11(8-12)19-4/h5-8H,1-4H3,(H,15,16,17). The number of nitrogens with one attached hydrogen (secondary N) is 1. The second kappa shape index (κ2) is 6.10. The predicted molar refractivity (Wildman–Crippen MR) is 75.9 cm³/mol. The topological polar surface area (TPSA) is 65.5 Å². The van der Waals surface area contributed by atoms with Gasteiger partial charge in [0.05, 0.1) is 14.2 Å². The van der Waals surface area contributed by atoms with Crippen LogP contribution in [0, 0.1) is 6.92 Å². The highest BCUT2D eigenvalue weighted by atomic mass is 16.5. The Hall–Kier alpha value is -2.50. The molecule has 1 aromatic carbocycles. The van der Waals surface area contributed by atoms with Crippen LogP contribution in [-0.2, 0) is 0 Å². The molecule has 0 saturated carbocycles. The minimum Gasteiger partial charge on any atom is -0.496 e. The number of anilines is 1. The maximum Gasteiger partial charge on any atom is 0.225 e. The van der Waals surface area contributed by atoms with Crippen LogP contribution in [0.15, 0.2) is 24.3 Å². The van der Waals surface area contributed by atoms with Crippen molar-refractivity contribution in [3.63, 3.8) is 0 Å². The Labute approximate surface area is 117 Å². The van der Waals surface area contributed by atoms with Crippen LogP contribution >= 0.6 is 0 Å². The van der Waals surface area contributed by atoms with E-state index in [0.29, 0.717) is 29.1 Å². The number of methoxy groups -OCH3 is 2. The largest absolute Gasteiger partial charge is 0.496 e. The highest BCUT2D eigenvalue weighted by Gasteiger charge is 2.07. The van der Waals surface area contributed by atoms with E-state index in [1.54, 1.807) is 45.5 Å². The van der Waals surface area contributed by atoms with Crippen molar-refractivity contribution in [1.29, 1.82) is 0 Å². The van der Waals surface area contributed by atoms with Gasteiger partial charge in [0.25, 0.3) is 0 Å². The third kappa shape index (κ3) is 3.28. The minimum atomic E-state index is 0.456. The van der Waals surface area contributed by atoms with Gasteiger partial charge in [-0.15, -0.1) is 0 Å². The molecule has 1 heterocycles. The lowest BCUT2D eigenvalue weighted by Gasteiger charge is -2.10. The Morgan fingerprint density at radius 3 is 2.05 bits per heavy atom. The first-order chi connectivity index (χ1) is 9.64. The van der Waals surface area contributed by atoms with Crippen LogP contribution in [0.4, 0.5) is 5.95 Å². The van der Waals surface area contributed by atoms with E-state index < -0.39 is 0 Å². The van der Waals surface area contributed by atoms with Crippen LogP contribution in [0.3, 0.4) is 0 Å². The van der Waals surface area contributed by atoms with Crippen molar-refractivity contribution in [2.75, 3.05) is 26.6 Å². The quantitative estimate of drug-likeness (QED) is 0.905. The summed E-state index contributed by atoms with van der Waals surface area (Å²) in [6, 6.07) is 7.06. The molecule has 6 heteroatoms. The van der Waals surface area contributed by atoms with Crippen LogP contribution < -0.4 is 19.5 Å². The molecule has 20 heavy (non-hydrogen) atoms. The Balaban J connectivity index is 2.31. The van der Waals surface area contributed by atoms with E-state index in [0.717, 1.165) is 5.69 Å². The fraction of sp³-hybridized carbons (Fsp3) is 0.286. The molecule has 2 rings (SSSR count). The summed E-state index contributed by atoms with van der Waals surface area (Å²) in [6.45, 7) is 1.88. The van der Waals surface area contributed by atoms with Crippen molar-refractivity contribution in [1.82, 2.24) is 9.97 Å². The van der Waals surface area contributed by atoms with E-state index in [-0.39, 0.29) is 0 Å². The van der Waals surface area contributed by atoms with Crippen LogP contribution in [0.1, 0.15) is 5.69 Å². The smallest absolute Gasteiger partial charge is 0.225 e. The molecule has 1 N–H and O–H groups in total. The molecular formula is C14H17N3O3. The molecular weight excluding hydrogens is 258 g/mol. The number of benzene rings is 1. The minimum absolute atomic E-state index is 0.456. The summed E-state index contributed by atoms with van der Waals surface area (Å²) in [7, 11) is 4.94. The van der Waals surface area contributed by atoms with Gasteiger partial charge in [-0.1, -0.05) is 0 Å². The summed E-state index contributed by atoms with van der Waals surface area (Å²) in [5.41, 5.74) is 0.814. The van der Waals surface area contributed by atoms with Crippen LogP contribution in [0.2, 0.25) is 0 Å². The highest BCUT2D eigenvalue weighted by Crippen LogP contribution is 2.30. The van der Waals surface area contributed by atoms with E-state index in [1.807, 2.05) is 6.92 Å². The lowest BCUT2D eigenvalue weighted by Crippen LogP contribution is -2.00. The highest BCUT2D eigenvalue weighted by molar-refractivity contribution is 5.43. The van der Waals surface area contributed by atoms with Gasteiger partial charge < -0.3 is 19.5 Å². The molecule has 0 fully saturated rings. The Morgan fingerprint density at radius 2 is 1.50 bits per heavy atom. The Kier molecular flexibility index (Phi) is 4.24. The summed E-state index contributed by atoms with van der Waals surface area (Å²) < 4.78 is 16.1. The maximum atomic E-state index is 5.74. The Morgan fingerprint density at radius 1 is 0.900 bits per heavy atom. The van der Waals surface area contributed by atoms with Crippen molar-refractivity contribution in [2.24, 2.45) is 0 Å². The van der Waals surface area contributed by atoms with Gasteiger partial charge in [-0.25, -0.2) is 4.98 Å². The van der Waals surface area contributed by atoms with E-state index in [9.17, 15) is 0 Å². The lowest BCUT2D eigenvalue weighted by atomic mass is 10.3. The molecule has 0 aliphatic heterocycles. The molecule has 0 bridgehead atoms. The molecule has 1 aromatic heterocycles. The number of rotatable bonds is 5. The van der Waals surface area contributed by atoms with Gasteiger partial charge >= 0.3 is 0 Å². The molecule has 0 atom stereocenters. The van der Waals surface area contributed by atoms with Crippen LogP contribution in [0.5, 0.6) is 23.1 Å². The molecule has 0 saturated heterocycles. The fourth-order valence-electron chi connectivity index (χ4n) is 1.66. The fourth-order valence-corrected chi connectivity index (χ4v) is 1.66. The zero-order chi connectivity index (χ0) is 14.5. The first-order valence-electron chi connectivity index (χ1n) is 6.09. The zero-order valence-electron chi connectivity index (χ0n) is 11.9. The number of ether oxygens (including phenoxy) is 3. The summed E-state index contributed by atoms with van der Waals surface area (Å²) in [6.07, 6.45) is 0. The number of hydrogen-bond donors (Lipinski definition) is 1. The zero-order valence-corrected chi connectivity index (χ0v) is 11.9.